The van der Waals surface area contributed by atoms with Gasteiger partial charge in [-0.2, -0.15) is 0 Å². The largest absolute Gasteiger partial charge is 0.481 e. The third-order valence-electron chi connectivity index (χ3n) is 5.90. The first kappa shape index (κ1) is 18.3. The van der Waals surface area contributed by atoms with Gasteiger partial charge >= 0.3 is 11.9 Å². The lowest BCUT2D eigenvalue weighted by Crippen LogP contribution is -2.14. The second-order valence-electron chi connectivity index (χ2n) is 7.98. The minimum absolute atomic E-state index is 0.161. The molecule has 4 heteroatoms. The maximum atomic E-state index is 11.1. The van der Waals surface area contributed by atoms with Crippen LogP contribution in [0.1, 0.15) is 96.3 Å². The molecule has 0 radical (unpaired) electrons. The van der Waals surface area contributed by atoms with E-state index < -0.39 is 11.9 Å². The lowest BCUT2D eigenvalue weighted by atomic mass is 9.94. The molecule has 2 rings (SSSR count). The van der Waals surface area contributed by atoms with E-state index in [-0.39, 0.29) is 10.8 Å². The molecule has 2 fully saturated rings. The summed E-state index contributed by atoms with van der Waals surface area (Å²) in [5.74, 6) is -1.23. The highest BCUT2D eigenvalue weighted by Gasteiger charge is 2.49. The Balaban J connectivity index is 1.36. The highest BCUT2D eigenvalue weighted by atomic mass is 16.4. The van der Waals surface area contributed by atoms with E-state index in [4.69, 9.17) is 10.2 Å². The predicted octanol–water partition coefficient (Wildman–Crippen LogP) is 5.01. The number of carboxylic acid groups (broad SMARTS) is 2. The number of rotatable bonds is 14. The van der Waals surface area contributed by atoms with Crippen LogP contribution < -0.4 is 0 Å². The van der Waals surface area contributed by atoms with Crippen molar-refractivity contribution in [3.63, 3.8) is 0 Å². The number of hydrogen-bond acceptors (Lipinski definition) is 2. The summed E-state index contributed by atoms with van der Waals surface area (Å²) < 4.78 is 0. The van der Waals surface area contributed by atoms with Crippen molar-refractivity contribution in [3.8, 4) is 0 Å². The summed E-state index contributed by atoms with van der Waals surface area (Å²) in [6, 6.07) is 0. The number of aliphatic carboxylic acids is 2. The molecule has 2 aliphatic rings. The van der Waals surface area contributed by atoms with Crippen molar-refractivity contribution in [2.45, 2.75) is 96.3 Å². The zero-order valence-electron chi connectivity index (χ0n) is 14.3. The average molecular weight is 324 g/mol. The molecule has 0 aromatic rings. The molecule has 0 atom stereocenters. The van der Waals surface area contributed by atoms with Crippen LogP contribution in [0.3, 0.4) is 0 Å². The Morgan fingerprint density at radius 3 is 1.57 bits per heavy atom. The van der Waals surface area contributed by atoms with Gasteiger partial charge in [0.1, 0.15) is 0 Å². The van der Waals surface area contributed by atoms with Crippen molar-refractivity contribution < 1.29 is 19.8 Å². The fourth-order valence-electron chi connectivity index (χ4n) is 3.76. The summed E-state index contributed by atoms with van der Waals surface area (Å²) in [5.41, 5.74) is -0.177. The molecule has 23 heavy (non-hydrogen) atoms. The summed E-state index contributed by atoms with van der Waals surface area (Å²) in [7, 11) is 0. The highest BCUT2D eigenvalue weighted by molar-refractivity contribution is 5.77. The zero-order chi connectivity index (χ0) is 16.8. The van der Waals surface area contributed by atoms with Crippen LogP contribution in [-0.2, 0) is 9.59 Å². The van der Waals surface area contributed by atoms with Crippen LogP contribution in [-0.4, -0.2) is 22.2 Å². The fraction of sp³-hybridized carbons (Fsp3) is 0.895. The second-order valence-corrected chi connectivity index (χ2v) is 7.98. The van der Waals surface area contributed by atoms with Crippen molar-refractivity contribution in [1.29, 1.82) is 0 Å². The van der Waals surface area contributed by atoms with E-state index in [2.05, 4.69) is 0 Å². The summed E-state index contributed by atoms with van der Waals surface area (Å²) in [6.07, 6.45) is 15.9. The third kappa shape index (κ3) is 6.15. The van der Waals surface area contributed by atoms with Crippen molar-refractivity contribution >= 4 is 11.9 Å². The first-order valence-electron chi connectivity index (χ1n) is 9.43. The van der Waals surface area contributed by atoms with Gasteiger partial charge in [-0.05, 0) is 43.9 Å². The van der Waals surface area contributed by atoms with Gasteiger partial charge in [-0.15, -0.1) is 0 Å². The number of carboxylic acids is 2. The lowest BCUT2D eigenvalue weighted by Gasteiger charge is -2.11. The molecule has 0 spiro atoms. The number of carbonyl (C=O) groups is 2. The van der Waals surface area contributed by atoms with Gasteiger partial charge in [0.15, 0.2) is 0 Å². The molecule has 0 aromatic heterocycles. The Labute approximate surface area is 139 Å². The lowest BCUT2D eigenvalue weighted by molar-refractivity contribution is -0.143. The molecule has 132 valence electrons. The van der Waals surface area contributed by atoms with E-state index in [1.54, 1.807) is 0 Å². The Kier molecular flexibility index (Phi) is 6.49. The number of unbranched alkanes of at least 4 members (excludes halogenated alkanes) is 7. The maximum Gasteiger partial charge on any atom is 0.309 e. The van der Waals surface area contributed by atoms with Crippen LogP contribution in [0.2, 0.25) is 0 Å². The van der Waals surface area contributed by atoms with Crippen molar-refractivity contribution in [2.24, 2.45) is 10.8 Å². The summed E-state index contributed by atoms with van der Waals surface area (Å²) >= 11 is 0. The standard InChI is InChI=1S/C19H32O4/c20-16(21)15-18(11-12-18)9-7-5-3-1-2-4-6-8-10-19(13-14-19)17(22)23/h1-15H2,(H,20,21)(H,22,23). The van der Waals surface area contributed by atoms with E-state index >= 15 is 0 Å². The quantitative estimate of drug-likeness (QED) is 0.441. The molecule has 0 heterocycles. The van der Waals surface area contributed by atoms with Gasteiger partial charge in [0, 0.05) is 0 Å². The van der Waals surface area contributed by atoms with Crippen LogP contribution in [0.4, 0.5) is 0 Å². The molecule has 0 aromatic carbocycles. The smallest absolute Gasteiger partial charge is 0.309 e. The Bertz CT molecular complexity index is 408. The maximum absolute atomic E-state index is 11.1. The van der Waals surface area contributed by atoms with Crippen molar-refractivity contribution in [3.05, 3.63) is 0 Å². The topological polar surface area (TPSA) is 74.6 Å². The van der Waals surface area contributed by atoms with Gasteiger partial charge in [0.05, 0.1) is 11.8 Å². The number of hydrogen-bond donors (Lipinski definition) is 2. The predicted molar refractivity (Wildman–Crippen MR) is 89.4 cm³/mol. The van der Waals surface area contributed by atoms with Crippen LogP contribution in [0.25, 0.3) is 0 Å². The molecule has 0 unspecified atom stereocenters. The minimum Gasteiger partial charge on any atom is -0.481 e. The molecule has 0 aliphatic heterocycles. The van der Waals surface area contributed by atoms with E-state index in [9.17, 15) is 9.59 Å². The van der Waals surface area contributed by atoms with E-state index in [1.165, 1.54) is 38.5 Å². The Morgan fingerprint density at radius 1 is 0.696 bits per heavy atom. The molecule has 0 bridgehead atoms. The van der Waals surface area contributed by atoms with Crippen molar-refractivity contribution in [1.82, 2.24) is 0 Å². The third-order valence-corrected chi connectivity index (χ3v) is 5.90. The van der Waals surface area contributed by atoms with Crippen LogP contribution in [0.5, 0.6) is 0 Å². The van der Waals surface area contributed by atoms with Gasteiger partial charge in [0.25, 0.3) is 0 Å². The first-order valence-corrected chi connectivity index (χ1v) is 9.43. The molecular formula is C19H32O4. The normalized spacial score (nSPS) is 20.2. The van der Waals surface area contributed by atoms with E-state index in [1.807, 2.05) is 0 Å². The zero-order valence-corrected chi connectivity index (χ0v) is 14.3. The minimum atomic E-state index is -0.640. The van der Waals surface area contributed by atoms with Crippen LogP contribution in [0.15, 0.2) is 0 Å². The van der Waals surface area contributed by atoms with Gasteiger partial charge < -0.3 is 10.2 Å². The molecular weight excluding hydrogens is 292 g/mol. The molecule has 0 saturated heterocycles. The highest BCUT2D eigenvalue weighted by Crippen LogP contribution is 2.53. The molecule has 2 saturated carbocycles. The van der Waals surface area contributed by atoms with Gasteiger partial charge in [0.2, 0.25) is 0 Å². The summed E-state index contributed by atoms with van der Waals surface area (Å²) in [4.78, 5) is 21.8. The SMILES string of the molecule is O=C(O)CC1(CCCCCCCCCCC2(C(=O)O)CC2)CC1. The Hall–Kier alpha value is -1.06. The average Bonchev–Trinajstić information content (AvgIpc) is 3.38. The van der Waals surface area contributed by atoms with Crippen LogP contribution in [0, 0.1) is 10.8 Å². The monoisotopic (exact) mass is 324 g/mol. The van der Waals surface area contributed by atoms with Crippen molar-refractivity contribution in [2.75, 3.05) is 0 Å². The van der Waals surface area contributed by atoms with Gasteiger partial charge in [-0.3, -0.25) is 9.59 Å². The first-order chi connectivity index (χ1) is 11.0. The fourth-order valence-corrected chi connectivity index (χ4v) is 3.76. The molecule has 4 nitrogen and oxygen atoms in total. The summed E-state index contributed by atoms with van der Waals surface area (Å²) in [6.45, 7) is 0. The second kappa shape index (κ2) is 8.16. The molecule has 2 aliphatic carbocycles. The van der Waals surface area contributed by atoms with E-state index in [0.717, 1.165) is 51.4 Å². The van der Waals surface area contributed by atoms with Gasteiger partial charge in [-0.1, -0.05) is 51.4 Å². The molecule has 2 N–H and O–H groups in total. The van der Waals surface area contributed by atoms with E-state index in [0.29, 0.717) is 6.42 Å². The van der Waals surface area contributed by atoms with Crippen LogP contribution >= 0.6 is 0 Å². The Morgan fingerprint density at radius 2 is 1.17 bits per heavy atom. The van der Waals surface area contributed by atoms with Gasteiger partial charge in [-0.25, -0.2) is 0 Å². The summed E-state index contributed by atoms with van der Waals surface area (Å²) in [5, 5.41) is 18.0. The molecule has 0 amide bonds.